The lowest BCUT2D eigenvalue weighted by molar-refractivity contribution is -0.158. The summed E-state index contributed by atoms with van der Waals surface area (Å²) in [6, 6.07) is 11.1. The summed E-state index contributed by atoms with van der Waals surface area (Å²) in [4.78, 5) is 14.1. The van der Waals surface area contributed by atoms with E-state index in [0.717, 1.165) is 24.0 Å². The molecule has 2 aromatic rings. The minimum absolute atomic E-state index is 0.0369. The second-order valence-electron chi connectivity index (χ2n) is 8.24. The molecular formula is C23H23FN4O3S. The van der Waals surface area contributed by atoms with Crippen molar-refractivity contribution in [2.75, 3.05) is 11.9 Å². The smallest absolute Gasteiger partial charge is 0.275 e. The van der Waals surface area contributed by atoms with Gasteiger partial charge in [-0.15, -0.1) is 0 Å². The number of nitrogens with zero attached hydrogens (tertiary/aromatic N) is 3. The van der Waals surface area contributed by atoms with E-state index in [1.807, 2.05) is 18.0 Å². The number of rotatable bonds is 3. The maximum absolute atomic E-state index is 13.6. The van der Waals surface area contributed by atoms with Gasteiger partial charge in [0.1, 0.15) is 17.1 Å². The molecule has 1 fully saturated rings. The molecule has 166 valence electrons. The van der Waals surface area contributed by atoms with Crippen molar-refractivity contribution >= 4 is 28.4 Å². The van der Waals surface area contributed by atoms with Gasteiger partial charge < -0.3 is 10.4 Å². The molecule has 5 rings (SSSR count). The van der Waals surface area contributed by atoms with Crippen molar-refractivity contribution in [3.8, 4) is 0 Å². The summed E-state index contributed by atoms with van der Waals surface area (Å²) < 4.78 is 30.4. The molecule has 7 nitrogen and oxygen atoms in total. The molecule has 3 heterocycles. The van der Waals surface area contributed by atoms with Gasteiger partial charge in [-0.1, -0.05) is 24.6 Å². The van der Waals surface area contributed by atoms with E-state index >= 15 is 0 Å². The van der Waals surface area contributed by atoms with Gasteiger partial charge in [0.25, 0.3) is 5.91 Å². The van der Waals surface area contributed by atoms with Crippen LogP contribution in [0.1, 0.15) is 30.4 Å². The van der Waals surface area contributed by atoms with E-state index in [1.54, 1.807) is 29.3 Å². The number of benzene rings is 2. The molecule has 2 atom stereocenters. The van der Waals surface area contributed by atoms with Crippen LogP contribution in [0.15, 0.2) is 63.1 Å². The Morgan fingerprint density at radius 1 is 1.22 bits per heavy atom. The van der Waals surface area contributed by atoms with Crippen molar-refractivity contribution in [1.29, 1.82) is 0 Å². The Hall–Kier alpha value is -3.04. The maximum atomic E-state index is 13.6. The molecule has 0 saturated carbocycles. The van der Waals surface area contributed by atoms with E-state index in [4.69, 9.17) is 0 Å². The number of aliphatic hydroxyl groups is 1. The van der Waals surface area contributed by atoms with Gasteiger partial charge in [0.2, 0.25) is 0 Å². The van der Waals surface area contributed by atoms with Gasteiger partial charge >= 0.3 is 0 Å². The predicted molar refractivity (Wildman–Crippen MR) is 120 cm³/mol. The Kier molecular flexibility index (Phi) is 5.30. The Balaban J connectivity index is 1.54. The molecule has 3 aliphatic heterocycles. The molecular weight excluding hydrogens is 431 g/mol. The van der Waals surface area contributed by atoms with Gasteiger partial charge in [-0.3, -0.25) is 9.80 Å². The molecule has 2 unspecified atom stereocenters. The summed E-state index contributed by atoms with van der Waals surface area (Å²) in [7, 11) is -1.69. The van der Waals surface area contributed by atoms with Crippen LogP contribution in [0.2, 0.25) is 0 Å². The number of amidine groups is 1. The standard InChI is InChI=1S/C23H23FN4O3S/c1-14-5-10-17-19(12-14)32(31)26-22(25-17)20-21(29)18-4-2-3-11-27(18)28(23(20)30)13-15-6-8-16(24)9-7-15/h5-10,12,18,29H,2-4,11,13H2,1H3,(H,25,26). The zero-order valence-electron chi connectivity index (χ0n) is 17.5. The number of fused-ring (bicyclic) bond motifs is 2. The second-order valence-corrected chi connectivity index (χ2v) is 9.36. The SMILES string of the molecule is Cc1ccc2c(c1)S(=O)N=C(C1=C(O)C3CCCCN3N(Cc3ccc(F)cc3)C1=O)N2. The topological polar surface area (TPSA) is 85.2 Å². The third kappa shape index (κ3) is 3.61. The number of aryl methyl sites for hydroxylation is 1. The number of aliphatic hydroxyl groups excluding tert-OH is 1. The minimum atomic E-state index is -1.69. The first kappa shape index (κ1) is 20.8. The fourth-order valence-corrected chi connectivity index (χ4v) is 5.42. The van der Waals surface area contributed by atoms with E-state index in [-0.39, 0.29) is 35.6 Å². The van der Waals surface area contributed by atoms with E-state index in [1.165, 1.54) is 12.1 Å². The van der Waals surface area contributed by atoms with E-state index in [0.29, 0.717) is 23.5 Å². The van der Waals surface area contributed by atoms with E-state index in [9.17, 15) is 18.5 Å². The van der Waals surface area contributed by atoms with Crippen molar-refractivity contribution in [3.63, 3.8) is 0 Å². The first-order chi connectivity index (χ1) is 15.4. The van der Waals surface area contributed by atoms with Crippen molar-refractivity contribution < 1.29 is 18.5 Å². The number of amides is 1. The summed E-state index contributed by atoms with van der Waals surface area (Å²) >= 11 is 0. The molecule has 1 amide bonds. The lowest BCUT2D eigenvalue weighted by Gasteiger charge is -2.46. The lowest BCUT2D eigenvalue weighted by Crippen LogP contribution is -2.59. The minimum Gasteiger partial charge on any atom is -0.510 e. The number of hydrazine groups is 1. The zero-order chi connectivity index (χ0) is 22.4. The number of carbonyl (C=O) groups excluding carboxylic acids is 1. The van der Waals surface area contributed by atoms with Crippen molar-refractivity contribution in [2.45, 2.75) is 43.7 Å². The van der Waals surface area contributed by atoms with Gasteiger partial charge in [-0.05, 0) is 55.2 Å². The first-order valence-electron chi connectivity index (χ1n) is 10.6. The number of anilines is 1. The van der Waals surface area contributed by atoms with Crippen LogP contribution in [0.4, 0.5) is 10.1 Å². The second kappa shape index (κ2) is 8.14. The van der Waals surface area contributed by atoms with Gasteiger partial charge in [0.15, 0.2) is 16.8 Å². The summed E-state index contributed by atoms with van der Waals surface area (Å²) in [5.74, 6) is -0.714. The van der Waals surface area contributed by atoms with Crippen LogP contribution >= 0.6 is 0 Å². The Labute approximate surface area is 187 Å². The highest BCUT2D eigenvalue weighted by Crippen LogP contribution is 2.35. The van der Waals surface area contributed by atoms with Crippen LogP contribution < -0.4 is 5.32 Å². The molecule has 0 spiro atoms. The van der Waals surface area contributed by atoms with Crippen molar-refractivity contribution in [2.24, 2.45) is 4.40 Å². The largest absolute Gasteiger partial charge is 0.510 e. The number of nitrogens with one attached hydrogen (secondary N) is 1. The van der Waals surface area contributed by atoms with E-state index in [2.05, 4.69) is 9.71 Å². The summed E-state index contributed by atoms with van der Waals surface area (Å²) in [6.45, 7) is 2.77. The van der Waals surface area contributed by atoms with E-state index < -0.39 is 16.9 Å². The Bertz CT molecular complexity index is 1180. The summed E-state index contributed by atoms with van der Waals surface area (Å²) in [5.41, 5.74) is 2.36. The van der Waals surface area contributed by atoms with Gasteiger partial charge in [-0.25, -0.2) is 13.6 Å². The Morgan fingerprint density at radius 3 is 2.78 bits per heavy atom. The highest BCUT2D eigenvalue weighted by Gasteiger charge is 2.43. The van der Waals surface area contributed by atoms with Crippen molar-refractivity contribution in [1.82, 2.24) is 10.0 Å². The van der Waals surface area contributed by atoms with Crippen LogP contribution in [0, 0.1) is 12.7 Å². The van der Waals surface area contributed by atoms with Crippen LogP contribution in [-0.4, -0.2) is 43.7 Å². The Morgan fingerprint density at radius 2 is 2.00 bits per heavy atom. The highest BCUT2D eigenvalue weighted by atomic mass is 32.2. The van der Waals surface area contributed by atoms with Crippen LogP contribution in [0.5, 0.6) is 0 Å². The third-order valence-electron chi connectivity index (χ3n) is 6.04. The fourth-order valence-electron chi connectivity index (χ4n) is 4.42. The lowest BCUT2D eigenvalue weighted by atomic mass is 9.95. The molecule has 0 aromatic heterocycles. The number of carbonyl (C=O) groups is 1. The maximum Gasteiger partial charge on any atom is 0.275 e. The van der Waals surface area contributed by atoms with Crippen LogP contribution in [-0.2, 0) is 22.3 Å². The molecule has 1 saturated heterocycles. The molecule has 0 bridgehead atoms. The summed E-state index contributed by atoms with van der Waals surface area (Å²) in [6.07, 6.45) is 2.52. The van der Waals surface area contributed by atoms with Crippen LogP contribution in [0.25, 0.3) is 0 Å². The summed E-state index contributed by atoms with van der Waals surface area (Å²) in [5, 5.41) is 17.7. The molecule has 2 N–H and O–H groups in total. The predicted octanol–water partition coefficient (Wildman–Crippen LogP) is 3.60. The molecule has 0 aliphatic carbocycles. The highest BCUT2D eigenvalue weighted by molar-refractivity contribution is 7.84. The number of hydrogen-bond acceptors (Lipinski definition) is 5. The average Bonchev–Trinajstić information content (AvgIpc) is 2.78. The monoisotopic (exact) mass is 454 g/mol. The molecule has 9 heteroatoms. The molecule has 3 aliphatic rings. The fraction of sp³-hybridized carbons (Fsp3) is 0.304. The zero-order valence-corrected chi connectivity index (χ0v) is 18.4. The number of hydrogen-bond donors (Lipinski definition) is 2. The molecule has 32 heavy (non-hydrogen) atoms. The average molecular weight is 455 g/mol. The molecule has 2 aromatic carbocycles. The van der Waals surface area contributed by atoms with Gasteiger partial charge in [0.05, 0.1) is 23.2 Å². The van der Waals surface area contributed by atoms with Gasteiger partial charge in [0, 0.05) is 6.54 Å². The first-order valence-corrected chi connectivity index (χ1v) is 11.7. The number of piperidine rings is 1. The van der Waals surface area contributed by atoms with Crippen molar-refractivity contribution in [3.05, 3.63) is 70.7 Å². The van der Waals surface area contributed by atoms with Gasteiger partial charge in [-0.2, -0.15) is 4.40 Å². The number of halogens is 1. The molecule has 0 radical (unpaired) electrons. The normalized spacial score (nSPS) is 23.4. The third-order valence-corrected chi connectivity index (χ3v) is 7.10. The quantitative estimate of drug-likeness (QED) is 0.740. The van der Waals surface area contributed by atoms with Crippen LogP contribution in [0.3, 0.4) is 0 Å².